The quantitative estimate of drug-likeness (QED) is 0.910. The van der Waals surface area contributed by atoms with Crippen LogP contribution in [0.25, 0.3) is 0 Å². The van der Waals surface area contributed by atoms with Crippen molar-refractivity contribution in [2.24, 2.45) is 0 Å². The molecule has 0 spiro atoms. The van der Waals surface area contributed by atoms with Crippen LogP contribution in [0, 0.1) is 13.8 Å². The average Bonchev–Trinajstić information content (AvgIpc) is 2.84. The van der Waals surface area contributed by atoms with Crippen LogP contribution in [0.15, 0.2) is 10.9 Å². The number of nitrogens with zero attached hydrogens (tertiary/aromatic N) is 2. The fraction of sp³-hybridized carbons (Fsp3) is 0.455. The van der Waals surface area contributed by atoms with Crippen molar-refractivity contribution in [3.8, 4) is 0 Å². The van der Waals surface area contributed by atoms with Gasteiger partial charge in [-0.15, -0.1) is 22.7 Å². The summed E-state index contributed by atoms with van der Waals surface area (Å²) in [5.41, 5.74) is 4.14. The van der Waals surface area contributed by atoms with E-state index in [1.165, 1.54) is 4.88 Å². The highest BCUT2D eigenvalue weighted by atomic mass is 32.1. The second-order valence-corrected chi connectivity index (χ2v) is 5.71. The van der Waals surface area contributed by atoms with Gasteiger partial charge in [-0.05, 0) is 20.8 Å². The lowest BCUT2D eigenvalue weighted by atomic mass is 10.2. The zero-order valence-corrected chi connectivity index (χ0v) is 11.3. The number of hydrogen-bond acceptors (Lipinski definition) is 5. The van der Waals surface area contributed by atoms with E-state index < -0.39 is 0 Å². The van der Waals surface area contributed by atoms with E-state index in [9.17, 15) is 0 Å². The molecular formula is C11H15N3S2. The molecular weight excluding hydrogens is 238 g/mol. The molecule has 0 aliphatic rings. The number of hydrogen-bond donors (Lipinski definition) is 1. The molecule has 3 nitrogen and oxygen atoms in total. The first kappa shape index (κ1) is 11.7. The van der Waals surface area contributed by atoms with Gasteiger partial charge in [-0.2, -0.15) is 0 Å². The van der Waals surface area contributed by atoms with Crippen molar-refractivity contribution >= 4 is 22.7 Å². The molecule has 0 fully saturated rings. The van der Waals surface area contributed by atoms with E-state index in [0.717, 1.165) is 22.9 Å². The van der Waals surface area contributed by atoms with E-state index in [1.807, 2.05) is 12.4 Å². The lowest BCUT2D eigenvalue weighted by molar-refractivity contribution is 0.573. The summed E-state index contributed by atoms with van der Waals surface area (Å²) in [7, 11) is 0. The Morgan fingerprint density at radius 3 is 2.75 bits per heavy atom. The van der Waals surface area contributed by atoms with Gasteiger partial charge in [0.15, 0.2) is 0 Å². The molecule has 0 radical (unpaired) electrons. The molecule has 1 atom stereocenters. The fourth-order valence-corrected chi connectivity index (χ4v) is 3.01. The number of aryl methyl sites for hydroxylation is 2. The molecule has 0 saturated carbocycles. The van der Waals surface area contributed by atoms with Gasteiger partial charge in [0.25, 0.3) is 0 Å². The summed E-state index contributed by atoms with van der Waals surface area (Å²) in [6.45, 7) is 7.07. The van der Waals surface area contributed by atoms with Crippen molar-refractivity contribution in [1.29, 1.82) is 0 Å². The van der Waals surface area contributed by atoms with Gasteiger partial charge in [-0.1, -0.05) is 0 Å². The lowest BCUT2D eigenvalue weighted by Crippen LogP contribution is -2.18. The normalized spacial score (nSPS) is 12.9. The van der Waals surface area contributed by atoms with E-state index in [4.69, 9.17) is 0 Å². The lowest BCUT2D eigenvalue weighted by Gasteiger charge is -2.11. The molecule has 0 bridgehead atoms. The maximum atomic E-state index is 4.43. The summed E-state index contributed by atoms with van der Waals surface area (Å²) in [4.78, 5) is 10.0. The van der Waals surface area contributed by atoms with Crippen LogP contribution in [0.1, 0.15) is 34.2 Å². The summed E-state index contributed by atoms with van der Waals surface area (Å²) in [5, 5.41) is 6.70. The van der Waals surface area contributed by atoms with Gasteiger partial charge in [0.2, 0.25) is 0 Å². The van der Waals surface area contributed by atoms with Gasteiger partial charge in [-0.25, -0.2) is 9.97 Å². The van der Waals surface area contributed by atoms with Crippen LogP contribution in [-0.4, -0.2) is 9.97 Å². The molecule has 2 aromatic rings. The van der Waals surface area contributed by atoms with Crippen LogP contribution < -0.4 is 5.32 Å². The topological polar surface area (TPSA) is 37.8 Å². The summed E-state index contributed by atoms with van der Waals surface area (Å²) in [6.07, 6.45) is 0. The second-order valence-electron chi connectivity index (χ2n) is 3.76. The van der Waals surface area contributed by atoms with Gasteiger partial charge >= 0.3 is 0 Å². The Bertz CT molecular complexity index is 461. The van der Waals surface area contributed by atoms with Gasteiger partial charge in [0, 0.05) is 22.8 Å². The third kappa shape index (κ3) is 2.66. The molecule has 0 amide bonds. The third-order valence-corrected chi connectivity index (χ3v) is 4.37. The summed E-state index contributed by atoms with van der Waals surface area (Å²) in [5.74, 6) is 0. The number of aromatic nitrogens is 2. The summed E-state index contributed by atoms with van der Waals surface area (Å²) in [6, 6.07) is 0.342. The first-order valence-electron chi connectivity index (χ1n) is 5.21. The van der Waals surface area contributed by atoms with Crippen molar-refractivity contribution in [2.45, 2.75) is 33.4 Å². The maximum absolute atomic E-state index is 4.43. The Morgan fingerprint density at radius 2 is 2.19 bits per heavy atom. The van der Waals surface area contributed by atoms with E-state index in [1.54, 1.807) is 22.7 Å². The van der Waals surface area contributed by atoms with Crippen LogP contribution in [0.3, 0.4) is 0 Å². The van der Waals surface area contributed by atoms with Crippen LogP contribution in [0.2, 0.25) is 0 Å². The summed E-state index contributed by atoms with van der Waals surface area (Å²) < 4.78 is 0. The minimum absolute atomic E-state index is 0.342. The number of thiazole rings is 2. The molecule has 5 heteroatoms. The highest BCUT2D eigenvalue weighted by Crippen LogP contribution is 2.21. The minimum atomic E-state index is 0.342. The Morgan fingerprint density at radius 1 is 1.38 bits per heavy atom. The predicted molar refractivity (Wildman–Crippen MR) is 69.0 cm³/mol. The third-order valence-electron chi connectivity index (χ3n) is 2.43. The molecule has 2 heterocycles. The van der Waals surface area contributed by atoms with Crippen molar-refractivity contribution < 1.29 is 0 Å². The Kier molecular flexibility index (Phi) is 3.68. The van der Waals surface area contributed by atoms with Gasteiger partial charge in [0.05, 0.1) is 21.9 Å². The van der Waals surface area contributed by atoms with Crippen molar-refractivity contribution in [3.05, 3.63) is 32.2 Å². The molecule has 0 aromatic carbocycles. The molecule has 86 valence electrons. The number of nitrogens with one attached hydrogen (secondary N) is 1. The largest absolute Gasteiger partial charge is 0.304 e. The monoisotopic (exact) mass is 253 g/mol. The average molecular weight is 253 g/mol. The molecule has 2 aromatic heterocycles. The van der Waals surface area contributed by atoms with Crippen molar-refractivity contribution in [1.82, 2.24) is 15.3 Å². The first-order valence-corrected chi connectivity index (χ1v) is 6.97. The first-order chi connectivity index (χ1) is 7.66. The zero-order chi connectivity index (χ0) is 11.5. The van der Waals surface area contributed by atoms with Crippen LogP contribution in [-0.2, 0) is 6.54 Å². The Labute approximate surface area is 104 Å². The highest BCUT2D eigenvalue weighted by molar-refractivity contribution is 7.10. The van der Waals surface area contributed by atoms with Gasteiger partial charge in [0.1, 0.15) is 0 Å². The van der Waals surface area contributed by atoms with Crippen molar-refractivity contribution in [2.75, 3.05) is 0 Å². The standard InChI is InChI=1S/C11H15N3S2/c1-7(11-8(2)13-6-16-11)12-4-10-5-15-9(3)14-10/h5-7,12H,4H2,1-3H3. The molecule has 1 unspecified atom stereocenters. The second kappa shape index (κ2) is 5.03. The number of rotatable bonds is 4. The highest BCUT2D eigenvalue weighted by Gasteiger charge is 2.10. The minimum Gasteiger partial charge on any atom is -0.304 e. The molecule has 0 aliphatic heterocycles. The SMILES string of the molecule is Cc1nc(CNC(C)c2scnc2C)cs1. The predicted octanol–water partition coefficient (Wildman–Crippen LogP) is 3.07. The smallest absolute Gasteiger partial charge is 0.0897 e. The van der Waals surface area contributed by atoms with E-state index >= 15 is 0 Å². The molecule has 0 saturated heterocycles. The maximum Gasteiger partial charge on any atom is 0.0897 e. The molecule has 2 rings (SSSR count). The van der Waals surface area contributed by atoms with Gasteiger partial charge < -0.3 is 5.32 Å². The fourth-order valence-electron chi connectivity index (χ4n) is 1.57. The van der Waals surface area contributed by atoms with Crippen LogP contribution in [0.4, 0.5) is 0 Å². The zero-order valence-electron chi connectivity index (χ0n) is 9.65. The van der Waals surface area contributed by atoms with Gasteiger partial charge in [-0.3, -0.25) is 0 Å². The van der Waals surface area contributed by atoms with E-state index in [-0.39, 0.29) is 0 Å². The van der Waals surface area contributed by atoms with E-state index in [2.05, 4.69) is 34.5 Å². The van der Waals surface area contributed by atoms with Crippen LogP contribution in [0.5, 0.6) is 0 Å². The summed E-state index contributed by atoms with van der Waals surface area (Å²) >= 11 is 3.40. The molecule has 0 aliphatic carbocycles. The molecule has 16 heavy (non-hydrogen) atoms. The van der Waals surface area contributed by atoms with Crippen LogP contribution >= 0.6 is 22.7 Å². The Balaban J connectivity index is 1.93. The van der Waals surface area contributed by atoms with E-state index in [0.29, 0.717) is 6.04 Å². The molecule has 1 N–H and O–H groups in total. The van der Waals surface area contributed by atoms with Crippen molar-refractivity contribution in [3.63, 3.8) is 0 Å². The Hall–Kier alpha value is -0.780.